The van der Waals surface area contributed by atoms with Crippen LogP contribution in [0.1, 0.15) is 56.2 Å². The Kier molecular flexibility index (Phi) is 3.11. The van der Waals surface area contributed by atoms with Crippen LogP contribution in [0.15, 0.2) is 17.0 Å². The fourth-order valence-electron chi connectivity index (χ4n) is 2.34. The lowest BCUT2D eigenvalue weighted by molar-refractivity contribution is 0.805. The van der Waals surface area contributed by atoms with Gasteiger partial charge in [0.15, 0.2) is 0 Å². The molecule has 0 saturated carbocycles. The fourth-order valence-corrected chi connectivity index (χ4v) is 3.72. The first kappa shape index (κ1) is 11.1. The van der Waals surface area contributed by atoms with E-state index in [0.29, 0.717) is 11.8 Å². The van der Waals surface area contributed by atoms with Gasteiger partial charge in [-0.15, -0.1) is 11.8 Å². The Morgan fingerprint density at radius 3 is 2.20 bits per heavy atom. The normalized spacial score (nSPS) is 15.1. The highest BCUT2D eigenvalue weighted by molar-refractivity contribution is 7.99. The van der Waals surface area contributed by atoms with Gasteiger partial charge in [-0.2, -0.15) is 0 Å². The maximum Gasteiger partial charge on any atom is 0.0142 e. The molecular weight excluding hydrogens is 200 g/mol. The SMILES string of the molecule is CC(C)c1ccc(C(C)C)c2c1CCS2. The average molecular weight is 220 g/mol. The van der Waals surface area contributed by atoms with Crippen molar-refractivity contribution in [2.75, 3.05) is 5.75 Å². The van der Waals surface area contributed by atoms with Crippen molar-refractivity contribution in [2.45, 2.75) is 50.8 Å². The van der Waals surface area contributed by atoms with Crippen molar-refractivity contribution < 1.29 is 0 Å². The van der Waals surface area contributed by atoms with Gasteiger partial charge in [0.25, 0.3) is 0 Å². The van der Waals surface area contributed by atoms with Gasteiger partial charge < -0.3 is 0 Å². The van der Waals surface area contributed by atoms with Crippen LogP contribution in [0.4, 0.5) is 0 Å². The summed E-state index contributed by atoms with van der Waals surface area (Å²) in [4.78, 5) is 1.59. The molecule has 1 aliphatic heterocycles. The lowest BCUT2D eigenvalue weighted by Crippen LogP contribution is -1.99. The molecule has 1 aromatic carbocycles. The van der Waals surface area contributed by atoms with Gasteiger partial charge in [0.2, 0.25) is 0 Å². The van der Waals surface area contributed by atoms with Gasteiger partial charge in [0.05, 0.1) is 0 Å². The second-order valence-electron chi connectivity index (χ2n) is 4.96. The van der Waals surface area contributed by atoms with Gasteiger partial charge in [-0.25, -0.2) is 0 Å². The summed E-state index contributed by atoms with van der Waals surface area (Å²) in [5, 5.41) is 0. The summed E-state index contributed by atoms with van der Waals surface area (Å²) in [6.07, 6.45) is 1.27. The van der Waals surface area contributed by atoms with Crippen molar-refractivity contribution >= 4 is 11.8 Å². The van der Waals surface area contributed by atoms with Crippen molar-refractivity contribution in [1.82, 2.24) is 0 Å². The Bertz CT molecular complexity index is 329. The third-order valence-electron chi connectivity index (χ3n) is 3.17. The van der Waals surface area contributed by atoms with E-state index in [1.807, 2.05) is 0 Å². The molecule has 0 radical (unpaired) electrons. The highest BCUT2D eigenvalue weighted by Gasteiger charge is 2.21. The zero-order chi connectivity index (χ0) is 11.0. The van der Waals surface area contributed by atoms with Crippen LogP contribution in [-0.2, 0) is 6.42 Å². The third-order valence-corrected chi connectivity index (χ3v) is 4.35. The molecule has 0 spiro atoms. The Morgan fingerprint density at radius 2 is 1.60 bits per heavy atom. The molecule has 0 bridgehead atoms. The van der Waals surface area contributed by atoms with Crippen LogP contribution in [0.5, 0.6) is 0 Å². The van der Waals surface area contributed by atoms with Crippen LogP contribution in [-0.4, -0.2) is 5.75 Å². The van der Waals surface area contributed by atoms with Crippen molar-refractivity contribution in [1.29, 1.82) is 0 Å². The third kappa shape index (κ3) is 1.94. The Morgan fingerprint density at radius 1 is 1.00 bits per heavy atom. The molecule has 0 fully saturated rings. The number of thioether (sulfide) groups is 1. The minimum atomic E-state index is 0.658. The Hall–Kier alpha value is -0.430. The molecule has 2 rings (SSSR count). The van der Waals surface area contributed by atoms with Gasteiger partial charge in [0, 0.05) is 10.6 Å². The summed E-state index contributed by atoms with van der Waals surface area (Å²) < 4.78 is 0. The monoisotopic (exact) mass is 220 g/mol. The lowest BCUT2D eigenvalue weighted by atomic mass is 9.91. The van der Waals surface area contributed by atoms with E-state index in [1.54, 1.807) is 21.6 Å². The molecule has 0 atom stereocenters. The molecule has 82 valence electrons. The molecule has 0 N–H and O–H groups in total. The molecule has 0 saturated heterocycles. The number of hydrogen-bond acceptors (Lipinski definition) is 1. The molecule has 1 aliphatic rings. The fraction of sp³-hybridized carbons (Fsp3) is 0.571. The van der Waals surface area contributed by atoms with Gasteiger partial charge in [-0.1, -0.05) is 39.8 Å². The number of fused-ring (bicyclic) bond motifs is 1. The number of hydrogen-bond donors (Lipinski definition) is 0. The van der Waals surface area contributed by atoms with E-state index in [-0.39, 0.29) is 0 Å². The van der Waals surface area contributed by atoms with Gasteiger partial charge in [0.1, 0.15) is 0 Å². The smallest absolute Gasteiger partial charge is 0.0142 e. The van der Waals surface area contributed by atoms with Crippen molar-refractivity contribution in [2.24, 2.45) is 0 Å². The summed E-state index contributed by atoms with van der Waals surface area (Å²) in [7, 11) is 0. The van der Waals surface area contributed by atoms with Crippen LogP contribution >= 0.6 is 11.8 Å². The number of rotatable bonds is 2. The Labute approximate surface area is 97.5 Å². The molecular formula is C14H20S. The van der Waals surface area contributed by atoms with Crippen LogP contribution in [0.25, 0.3) is 0 Å². The van der Waals surface area contributed by atoms with E-state index in [1.165, 1.54) is 12.2 Å². The van der Waals surface area contributed by atoms with Crippen LogP contribution in [0.3, 0.4) is 0 Å². The van der Waals surface area contributed by atoms with Crippen LogP contribution in [0, 0.1) is 0 Å². The van der Waals surface area contributed by atoms with E-state index in [9.17, 15) is 0 Å². The minimum absolute atomic E-state index is 0.658. The Balaban J connectivity index is 2.54. The molecule has 15 heavy (non-hydrogen) atoms. The van der Waals surface area contributed by atoms with E-state index < -0.39 is 0 Å². The van der Waals surface area contributed by atoms with Crippen LogP contribution in [0.2, 0.25) is 0 Å². The van der Waals surface area contributed by atoms with Crippen LogP contribution < -0.4 is 0 Å². The quantitative estimate of drug-likeness (QED) is 0.703. The molecule has 0 unspecified atom stereocenters. The first-order chi connectivity index (χ1) is 7.11. The zero-order valence-electron chi connectivity index (χ0n) is 10.1. The van der Waals surface area contributed by atoms with Crippen molar-refractivity contribution in [3.8, 4) is 0 Å². The van der Waals surface area contributed by atoms with E-state index >= 15 is 0 Å². The predicted octanol–water partition coefficient (Wildman–Crippen LogP) is 4.58. The molecule has 0 amide bonds. The maximum atomic E-state index is 2.35. The van der Waals surface area contributed by atoms with E-state index in [0.717, 1.165) is 0 Å². The molecule has 0 nitrogen and oxygen atoms in total. The minimum Gasteiger partial charge on any atom is -0.125 e. The van der Waals surface area contributed by atoms with E-state index in [2.05, 4.69) is 51.6 Å². The lowest BCUT2D eigenvalue weighted by Gasteiger charge is -2.16. The van der Waals surface area contributed by atoms with Gasteiger partial charge in [-0.3, -0.25) is 0 Å². The predicted molar refractivity (Wildman–Crippen MR) is 69.0 cm³/mol. The summed E-state index contributed by atoms with van der Waals surface area (Å²) >= 11 is 2.05. The maximum absolute atomic E-state index is 2.35. The molecule has 1 heterocycles. The van der Waals surface area contributed by atoms with Gasteiger partial charge >= 0.3 is 0 Å². The largest absolute Gasteiger partial charge is 0.125 e. The second kappa shape index (κ2) is 4.21. The summed E-state index contributed by atoms with van der Waals surface area (Å²) in [6.45, 7) is 9.19. The number of benzene rings is 1. The summed E-state index contributed by atoms with van der Waals surface area (Å²) in [5.41, 5.74) is 4.76. The molecule has 0 aliphatic carbocycles. The molecule has 0 aromatic heterocycles. The van der Waals surface area contributed by atoms with E-state index in [4.69, 9.17) is 0 Å². The highest BCUT2D eigenvalue weighted by Crippen LogP contribution is 2.41. The van der Waals surface area contributed by atoms with Gasteiger partial charge in [-0.05, 0) is 34.9 Å². The zero-order valence-corrected chi connectivity index (χ0v) is 10.9. The molecule has 1 heteroatoms. The second-order valence-corrected chi connectivity index (χ2v) is 6.06. The first-order valence-electron chi connectivity index (χ1n) is 5.89. The first-order valence-corrected chi connectivity index (χ1v) is 6.88. The highest BCUT2D eigenvalue weighted by atomic mass is 32.2. The topological polar surface area (TPSA) is 0 Å². The van der Waals surface area contributed by atoms with Crippen molar-refractivity contribution in [3.05, 3.63) is 28.8 Å². The summed E-state index contributed by atoms with van der Waals surface area (Å²) in [5.74, 6) is 2.60. The molecule has 1 aromatic rings. The van der Waals surface area contributed by atoms with Crippen molar-refractivity contribution in [3.63, 3.8) is 0 Å². The summed E-state index contributed by atoms with van der Waals surface area (Å²) in [6, 6.07) is 4.70. The standard InChI is InChI=1S/C14H20S/c1-9(2)11-5-6-12(10(3)4)14-13(11)7-8-15-14/h5-6,9-10H,7-8H2,1-4H3. The average Bonchev–Trinajstić information content (AvgIpc) is 2.63.